The number of carboxylic acids is 1. The number of anilines is 1. The van der Waals surface area contributed by atoms with Crippen LogP contribution >= 0.6 is 15.9 Å². The first-order valence-corrected chi connectivity index (χ1v) is 6.99. The lowest BCUT2D eigenvalue weighted by Crippen LogP contribution is -2.30. The maximum atomic E-state index is 11.6. The van der Waals surface area contributed by atoms with Gasteiger partial charge >= 0.3 is 12.0 Å². The molecule has 0 aliphatic carbocycles. The fourth-order valence-electron chi connectivity index (χ4n) is 1.44. The molecule has 1 aromatic carbocycles. The summed E-state index contributed by atoms with van der Waals surface area (Å²) in [6.45, 7) is 3.69. The van der Waals surface area contributed by atoms with Gasteiger partial charge in [0.2, 0.25) is 0 Å². The van der Waals surface area contributed by atoms with Crippen molar-refractivity contribution in [2.45, 2.75) is 13.3 Å². The highest BCUT2D eigenvalue weighted by molar-refractivity contribution is 9.10. The summed E-state index contributed by atoms with van der Waals surface area (Å²) in [5.41, 5.74) is 0.664. The van der Waals surface area contributed by atoms with Crippen LogP contribution in [0.4, 0.5) is 10.5 Å². The SMILES string of the molecule is CCOCCCNC(=O)Nc1ccc(C(=O)O)cc1Br. The van der Waals surface area contributed by atoms with Crippen LogP contribution in [0.5, 0.6) is 0 Å². The van der Waals surface area contributed by atoms with Crippen molar-refractivity contribution < 1.29 is 19.4 Å². The van der Waals surface area contributed by atoms with Gasteiger partial charge in [0, 0.05) is 24.2 Å². The maximum absolute atomic E-state index is 11.6. The lowest BCUT2D eigenvalue weighted by atomic mass is 10.2. The van der Waals surface area contributed by atoms with Gasteiger partial charge in [-0.05, 0) is 47.5 Å². The second-order valence-corrected chi connectivity index (χ2v) is 4.79. The Labute approximate surface area is 125 Å². The molecule has 0 fully saturated rings. The quantitative estimate of drug-likeness (QED) is 0.663. The molecule has 0 aliphatic rings. The fraction of sp³-hybridized carbons (Fsp3) is 0.385. The lowest BCUT2D eigenvalue weighted by Gasteiger charge is -2.09. The first kappa shape index (κ1) is 16.5. The van der Waals surface area contributed by atoms with Crippen LogP contribution in [0, 0.1) is 0 Å². The minimum absolute atomic E-state index is 0.152. The van der Waals surface area contributed by atoms with E-state index in [9.17, 15) is 9.59 Å². The van der Waals surface area contributed by atoms with Gasteiger partial charge < -0.3 is 20.5 Å². The van der Waals surface area contributed by atoms with Crippen LogP contribution in [0.25, 0.3) is 0 Å². The van der Waals surface area contributed by atoms with Crippen LogP contribution in [0.1, 0.15) is 23.7 Å². The number of hydrogen-bond acceptors (Lipinski definition) is 3. The molecular formula is C13H17BrN2O4. The number of benzene rings is 1. The largest absolute Gasteiger partial charge is 0.478 e. The normalized spacial score (nSPS) is 10.1. The summed E-state index contributed by atoms with van der Waals surface area (Å²) >= 11 is 3.22. The van der Waals surface area contributed by atoms with E-state index in [1.54, 1.807) is 0 Å². The van der Waals surface area contributed by atoms with Gasteiger partial charge in [-0.1, -0.05) is 0 Å². The summed E-state index contributed by atoms with van der Waals surface area (Å²) in [7, 11) is 0. The molecule has 0 bridgehead atoms. The summed E-state index contributed by atoms with van der Waals surface area (Å²) in [6, 6.07) is 4.06. The van der Waals surface area contributed by atoms with Crippen molar-refractivity contribution >= 4 is 33.6 Å². The van der Waals surface area contributed by atoms with Crippen molar-refractivity contribution in [2.24, 2.45) is 0 Å². The monoisotopic (exact) mass is 344 g/mol. The summed E-state index contributed by atoms with van der Waals surface area (Å²) in [5.74, 6) is -1.02. The van der Waals surface area contributed by atoms with E-state index in [-0.39, 0.29) is 11.6 Å². The molecule has 0 saturated heterocycles. The Morgan fingerprint density at radius 1 is 1.40 bits per heavy atom. The van der Waals surface area contributed by atoms with Gasteiger partial charge in [-0.15, -0.1) is 0 Å². The van der Waals surface area contributed by atoms with Gasteiger partial charge in [-0.3, -0.25) is 0 Å². The Hall–Kier alpha value is -1.60. The molecule has 20 heavy (non-hydrogen) atoms. The highest BCUT2D eigenvalue weighted by atomic mass is 79.9. The van der Waals surface area contributed by atoms with E-state index in [1.165, 1.54) is 18.2 Å². The Kier molecular flexibility index (Phi) is 7.03. The van der Waals surface area contributed by atoms with E-state index >= 15 is 0 Å². The molecule has 0 aromatic heterocycles. The molecule has 0 radical (unpaired) electrons. The molecule has 7 heteroatoms. The zero-order valence-corrected chi connectivity index (χ0v) is 12.7. The molecule has 0 atom stereocenters. The average Bonchev–Trinajstić information content (AvgIpc) is 2.40. The molecule has 0 saturated carbocycles. The predicted molar refractivity (Wildman–Crippen MR) is 79.2 cm³/mol. The molecule has 1 aromatic rings. The van der Waals surface area contributed by atoms with Crippen molar-refractivity contribution in [3.8, 4) is 0 Å². The lowest BCUT2D eigenvalue weighted by molar-refractivity contribution is 0.0697. The average molecular weight is 345 g/mol. The van der Waals surface area contributed by atoms with Crippen molar-refractivity contribution in [1.82, 2.24) is 5.32 Å². The number of urea groups is 1. The molecule has 2 amide bonds. The maximum Gasteiger partial charge on any atom is 0.335 e. The summed E-state index contributed by atoms with van der Waals surface area (Å²) < 4.78 is 5.67. The third-order valence-electron chi connectivity index (χ3n) is 2.42. The first-order chi connectivity index (χ1) is 9.54. The Balaban J connectivity index is 2.44. The van der Waals surface area contributed by atoms with Crippen molar-refractivity contribution in [2.75, 3.05) is 25.1 Å². The Morgan fingerprint density at radius 2 is 2.15 bits per heavy atom. The van der Waals surface area contributed by atoms with Gasteiger partial charge in [0.05, 0.1) is 11.3 Å². The standard InChI is InChI=1S/C13H17BrN2O4/c1-2-20-7-3-6-15-13(19)16-11-5-4-9(12(17)18)8-10(11)14/h4-5,8H,2-3,6-7H2,1H3,(H,17,18)(H2,15,16,19). The zero-order valence-electron chi connectivity index (χ0n) is 11.1. The highest BCUT2D eigenvalue weighted by Gasteiger charge is 2.08. The molecule has 0 unspecified atom stereocenters. The number of ether oxygens (including phenoxy) is 1. The number of nitrogens with one attached hydrogen (secondary N) is 2. The Morgan fingerprint density at radius 3 is 2.75 bits per heavy atom. The first-order valence-electron chi connectivity index (χ1n) is 6.20. The predicted octanol–water partition coefficient (Wildman–Crippen LogP) is 2.70. The smallest absolute Gasteiger partial charge is 0.335 e. The van der Waals surface area contributed by atoms with Gasteiger partial charge in [-0.25, -0.2) is 9.59 Å². The number of hydrogen-bond donors (Lipinski definition) is 3. The molecule has 0 heterocycles. The molecular weight excluding hydrogens is 328 g/mol. The van der Waals surface area contributed by atoms with Gasteiger partial charge in [0.1, 0.15) is 0 Å². The van der Waals surface area contributed by atoms with E-state index in [0.29, 0.717) is 29.9 Å². The highest BCUT2D eigenvalue weighted by Crippen LogP contribution is 2.23. The van der Waals surface area contributed by atoms with Crippen LogP contribution in [0.2, 0.25) is 0 Å². The number of halogens is 1. The van der Waals surface area contributed by atoms with Crippen molar-refractivity contribution in [3.05, 3.63) is 28.2 Å². The van der Waals surface area contributed by atoms with Crippen LogP contribution in [0.15, 0.2) is 22.7 Å². The molecule has 6 nitrogen and oxygen atoms in total. The summed E-state index contributed by atoms with van der Waals surface area (Å²) in [6.07, 6.45) is 0.736. The minimum atomic E-state index is -1.02. The summed E-state index contributed by atoms with van der Waals surface area (Å²) in [4.78, 5) is 22.4. The Bertz CT molecular complexity index is 479. The van der Waals surface area contributed by atoms with Gasteiger partial charge in [0.15, 0.2) is 0 Å². The van der Waals surface area contributed by atoms with E-state index in [1.807, 2.05) is 6.92 Å². The second kappa shape index (κ2) is 8.55. The number of aromatic carboxylic acids is 1. The van der Waals surface area contributed by atoms with Gasteiger partial charge in [-0.2, -0.15) is 0 Å². The van der Waals surface area contributed by atoms with Crippen LogP contribution < -0.4 is 10.6 Å². The number of carboxylic acid groups (broad SMARTS) is 1. The summed E-state index contributed by atoms with van der Waals surface area (Å²) in [5, 5.41) is 14.2. The van der Waals surface area contributed by atoms with Crippen molar-refractivity contribution in [1.29, 1.82) is 0 Å². The number of rotatable bonds is 7. The second-order valence-electron chi connectivity index (χ2n) is 3.93. The number of carbonyl (C=O) groups excluding carboxylic acids is 1. The zero-order chi connectivity index (χ0) is 15.0. The van der Waals surface area contributed by atoms with E-state index in [2.05, 4.69) is 26.6 Å². The number of amides is 2. The van der Waals surface area contributed by atoms with E-state index in [0.717, 1.165) is 6.42 Å². The third kappa shape index (κ3) is 5.58. The molecule has 3 N–H and O–H groups in total. The van der Waals surface area contributed by atoms with Crippen LogP contribution in [0.3, 0.4) is 0 Å². The minimum Gasteiger partial charge on any atom is -0.478 e. The van der Waals surface area contributed by atoms with Gasteiger partial charge in [0.25, 0.3) is 0 Å². The van der Waals surface area contributed by atoms with Crippen LogP contribution in [-0.4, -0.2) is 36.9 Å². The fourth-order valence-corrected chi connectivity index (χ4v) is 1.91. The molecule has 0 spiro atoms. The van der Waals surface area contributed by atoms with Crippen LogP contribution in [-0.2, 0) is 4.74 Å². The molecule has 0 aliphatic heterocycles. The number of carbonyl (C=O) groups is 2. The van der Waals surface area contributed by atoms with E-state index < -0.39 is 5.97 Å². The van der Waals surface area contributed by atoms with E-state index in [4.69, 9.17) is 9.84 Å². The third-order valence-corrected chi connectivity index (χ3v) is 3.08. The molecule has 1 rings (SSSR count). The van der Waals surface area contributed by atoms with Crippen molar-refractivity contribution in [3.63, 3.8) is 0 Å². The molecule has 110 valence electrons. The topological polar surface area (TPSA) is 87.7 Å².